The van der Waals surface area contributed by atoms with Crippen LogP contribution in [-0.4, -0.2) is 28.6 Å². The number of nitrogens with zero attached hydrogens (tertiary/aromatic N) is 1. The molecule has 4 bridgehead atoms. The zero-order chi connectivity index (χ0) is 16.9. The predicted octanol–water partition coefficient (Wildman–Crippen LogP) is 2.30. The average Bonchev–Trinajstić information content (AvgIpc) is 2.83. The fourth-order valence-corrected chi connectivity index (χ4v) is 5.66. The second-order valence-corrected chi connectivity index (χ2v) is 8.24. The number of rotatable bonds is 4. The molecule has 4 aliphatic rings. The Morgan fingerprint density at radius 2 is 1.71 bits per heavy atom. The maximum Gasteiger partial charge on any atom is 0.243 e. The van der Waals surface area contributed by atoms with Gasteiger partial charge in [0, 0.05) is 5.41 Å². The number of aromatic nitrogens is 2. The van der Waals surface area contributed by atoms with Crippen LogP contribution in [0.15, 0.2) is 0 Å². The number of carbonyl (C=O) groups is 2. The molecule has 3 N–H and O–H groups in total. The quantitative estimate of drug-likeness (QED) is 0.791. The first-order valence-corrected chi connectivity index (χ1v) is 9.05. The first kappa shape index (κ1) is 15.7. The van der Waals surface area contributed by atoms with Crippen molar-refractivity contribution < 1.29 is 9.59 Å². The zero-order valence-electron chi connectivity index (χ0n) is 14.4. The van der Waals surface area contributed by atoms with E-state index >= 15 is 0 Å². The molecule has 0 unspecified atom stereocenters. The topological polar surface area (TPSA) is 86.9 Å². The summed E-state index contributed by atoms with van der Waals surface area (Å²) in [5.41, 5.74) is 2.10. The fraction of sp³-hybridized carbons (Fsp3) is 0.722. The molecule has 0 aromatic carbocycles. The Morgan fingerprint density at radius 3 is 2.21 bits per heavy atom. The normalized spacial score (nSPS) is 33.5. The maximum atomic E-state index is 12.8. The SMILES string of the molecule is Cc1n[nH]c(C)c1NC(=O)CNC(=O)C12CC3CC(CC(C3)C1)C2. The molecule has 6 nitrogen and oxygen atoms in total. The van der Waals surface area contributed by atoms with Crippen LogP contribution in [0.3, 0.4) is 0 Å². The molecule has 1 aromatic rings. The van der Waals surface area contributed by atoms with Gasteiger partial charge in [-0.15, -0.1) is 0 Å². The summed E-state index contributed by atoms with van der Waals surface area (Å²) in [5.74, 6) is 2.09. The van der Waals surface area contributed by atoms with Gasteiger partial charge in [0.2, 0.25) is 11.8 Å². The third-order valence-corrected chi connectivity index (χ3v) is 6.32. The second-order valence-electron chi connectivity index (χ2n) is 8.24. The van der Waals surface area contributed by atoms with Gasteiger partial charge in [-0.05, 0) is 70.1 Å². The largest absolute Gasteiger partial charge is 0.347 e. The van der Waals surface area contributed by atoms with E-state index in [-0.39, 0.29) is 23.8 Å². The molecule has 6 heteroatoms. The lowest BCUT2D eigenvalue weighted by molar-refractivity contribution is -0.146. The lowest BCUT2D eigenvalue weighted by Gasteiger charge is -2.55. The van der Waals surface area contributed by atoms with Crippen molar-refractivity contribution in [1.82, 2.24) is 15.5 Å². The van der Waals surface area contributed by atoms with Gasteiger partial charge in [0.1, 0.15) is 0 Å². The van der Waals surface area contributed by atoms with Crippen LogP contribution < -0.4 is 10.6 Å². The summed E-state index contributed by atoms with van der Waals surface area (Å²) in [7, 11) is 0. The molecular formula is C18H26N4O2. The lowest BCUT2D eigenvalue weighted by Crippen LogP contribution is -2.54. The van der Waals surface area contributed by atoms with Gasteiger partial charge in [-0.25, -0.2) is 0 Å². The van der Waals surface area contributed by atoms with Crippen LogP contribution in [0.4, 0.5) is 5.69 Å². The van der Waals surface area contributed by atoms with E-state index in [0.29, 0.717) is 5.69 Å². The average molecular weight is 330 g/mol. The van der Waals surface area contributed by atoms with Crippen LogP contribution in [0.2, 0.25) is 0 Å². The summed E-state index contributed by atoms with van der Waals surface area (Å²) in [6.07, 6.45) is 7.00. The van der Waals surface area contributed by atoms with Crippen molar-refractivity contribution in [3.05, 3.63) is 11.4 Å². The smallest absolute Gasteiger partial charge is 0.243 e. The molecule has 0 radical (unpaired) electrons. The Bertz CT molecular complexity index is 624. The summed E-state index contributed by atoms with van der Waals surface area (Å²) in [4.78, 5) is 25.0. The minimum Gasteiger partial charge on any atom is -0.347 e. The van der Waals surface area contributed by atoms with E-state index in [9.17, 15) is 9.59 Å². The summed E-state index contributed by atoms with van der Waals surface area (Å²) < 4.78 is 0. The molecule has 4 fully saturated rings. The van der Waals surface area contributed by atoms with Crippen LogP contribution in [0.25, 0.3) is 0 Å². The molecule has 24 heavy (non-hydrogen) atoms. The lowest BCUT2D eigenvalue weighted by atomic mass is 9.49. The van der Waals surface area contributed by atoms with Crippen molar-refractivity contribution in [2.45, 2.75) is 52.4 Å². The first-order valence-electron chi connectivity index (χ1n) is 9.05. The fourth-order valence-electron chi connectivity index (χ4n) is 5.66. The van der Waals surface area contributed by atoms with Gasteiger partial charge in [0.05, 0.1) is 23.6 Å². The minimum absolute atomic E-state index is 0.0324. The number of H-pyrrole nitrogens is 1. The Balaban J connectivity index is 1.36. The van der Waals surface area contributed by atoms with Gasteiger partial charge >= 0.3 is 0 Å². The van der Waals surface area contributed by atoms with Crippen LogP contribution in [0.5, 0.6) is 0 Å². The van der Waals surface area contributed by atoms with E-state index in [1.165, 1.54) is 19.3 Å². The molecule has 0 atom stereocenters. The molecule has 0 spiro atoms. The molecular weight excluding hydrogens is 304 g/mol. The third kappa shape index (κ3) is 2.62. The molecule has 0 aliphatic heterocycles. The Morgan fingerprint density at radius 1 is 1.12 bits per heavy atom. The molecule has 4 aliphatic carbocycles. The summed E-state index contributed by atoms with van der Waals surface area (Å²) >= 11 is 0. The van der Waals surface area contributed by atoms with Crippen molar-refractivity contribution in [2.24, 2.45) is 23.2 Å². The van der Waals surface area contributed by atoms with Crippen LogP contribution in [0.1, 0.15) is 49.9 Å². The number of amides is 2. The van der Waals surface area contributed by atoms with E-state index in [0.717, 1.165) is 48.4 Å². The predicted molar refractivity (Wildman–Crippen MR) is 90.3 cm³/mol. The van der Waals surface area contributed by atoms with Gasteiger partial charge in [-0.2, -0.15) is 5.10 Å². The number of carbonyl (C=O) groups excluding carboxylic acids is 2. The number of aryl methyl sites for hydroxylation is 2. The van der Waals surface area contributed by atoms with Crippen molar-refractivity contribution >= 4 is 17.5 Å². The highest BCUT2D eigenvalue weighted by Gasteiger charge is 2.54. The van der Waals surface area contributed by atoms with E-state index in [4.69, 9.17) is 0 Å². The van der Waals surface area contributed by atoms with E-state index < -0.39 is 0 Å². The number of nitrogens with one attached hydrogen (secondary N) is 3. The molecule has 1 heterocycles. The highest BCUT2D eigenvalue weighted by atomic mass is 16.2. The summed E-state index contributed by atoms with van der Waals surface area (Å²) in [5, 5.41) is 12.7. The Hall–Kier alpha value is -1.85. The molecule has 5 rings (SSSR count). The summed E-state index contributed by atoms with van der Waals surface area (Å²) in [6, 6.07) is 0. The van der Waals surface area contributed by atoms with Crippen LogP contribution in [-0.2, 0) is 9.59 Å². The van der Waals surface area contributed by atoms with E-state index in [1.807, 2.05) is 13.8 Å². The van der Waals surface area contributed by atoms with Gasteiger partial charge in [0.15, 0.2) is 0 Å². The van der Waals surface area contributed by atoms with Crippen molar-refractivity contribution in [1.29, 1.82) is 0 Å². The number of anilines is 1. The maximum absolute atomic E-state index is 12.8. The number of hydrogen-bond donors (Lipinski definition) is 3. The number of hydrogen-bond acceptors (Lipinski definition) is 3. The van der Waals surface area contributed by atoms with Crippen molar-refractivity contribution in [2.75, 3.05) is 11.9 Å². The zero-order valence-corrected chi connectivity index (χ0v) is 14.4. The number of aromatic amines is 1. The summed E-state index contributed by atoms with van der Waals surface area (Å²) in [6.45, 7) is 3.74. The van der Waals surface area contributed by atoms with E-state index in [2.05, 4.69) is 20.8 Å². The molecule has 4 saturated carbocycles. The van der Waals surface area contributed by atoms with Crippen LogP contribution in [0, 0.1) is 37.0 Å². The molecule has 130 valence electrons. The van der Waals surface area contributed by atoms with Crippen molar-refractivity contribution in [3.63, 3.8) is 0 Å². The van der Waals surface area contributed by atoms with E-state index in [1.54, 1.807) is 0 Å². The van der Waals surface area contributed by atoms with Crippen molar-refractivity contribution in [3.8, 4) is 0 Å². The minimum atomic E-state index is -0.198. The Labute approximate surface area is 142 Å². The highest BCUT2D eigenvalue weighted by Crippen LogP contribution is 2.60. The monoisotopic (exact) mass is 330 g/mol. The standard InChI is InChI=1S/C18H26N4O2/c1-10-16(11(2)22-21-10)20-15(23)9-19-17(24)18-6-12-3-13(7-18)5-14(4-12)8-18/h12-14H,3-9H2,1-2H3,(H,19,24)(H,20,23)(H,21,22). The molecule has 2 amide bonds. The molecule has 1 aromatic heterocycles. The van der Waals surface area contributed by atoms with Gasteiger partial charge in [-0.3, -0.25) is 14.7 Å². The van der Waals surface area contributed by atoms with Crippen LogP contribution >= 0.6 is 0 Å². The molecule has 0 saturated heterocycles. The first-order chi connectivity index (χ1) is 11.4. The highest BCUT2D eigenvalue weighted by molar-refractivity contribution is 5.96. The van der Waals surface area contributed by atoms with Gasteiger partial charge in [0.25, 0.3) is 0 Å². The second kappa shape index (κ2) is 5.60. The van der Waals surface area contributed by atoms with Gasteiger partial charge < -0.3 is 10.6 Å². The Kier molecular flexibility index (Phi) is 3.66. The third-order valence-electron chi connectivity index (χ3n) is 6.32. The van der Waals surface area contributed by atoms with Gasteiger partial charge in [-0.1, -0.05) is 0 Å².